The SMILES string of the molecule is CCC1CC1NCCOCCOC. The third-order valence-electron chi connectivity index (χ3n) is 2.53. The Kier molecular flexibility index (Phi) is 5.35. The number of hydrogen-bond donors (Lipinski definition) is 1. The second-order valence-corrected chi connectivity index (χ2v) is 3.57. The standard InChI is InChI=1S/C10H21NO2/c1-3-9-8-10(9)11-4-5-13-7-6-12-2/h9-11H,3-8H2,1-2H3. The van der Waals surface area contributed by atoms with Crippen LogP contribution < -0.4 is 5.32 Å². The van der Waals surface area contributed by atoms with Crippen molar-refractivity contribution >= 4 is 0 Å². The minimum atomic E-state index is 0.695. The lowest BCUT2D eigenvalue weighted by atomic mass is 10.3. The monoisotopic (exact) mass is 187 g/mol. The van der Waals surface area contributed by atoms with Crippen molar-refractivity contribution < 1.29 is 9.47 Å². The van der Waals surface area contributed by atoms with Crippen LogP contribution in [0.1, 0.15) is 19.8 Å². The van der Waals surface area contributed by atoms with Crippen LogP contribution in [-0.2, 0) is 9.47 Å². The maximum atomic E-state index is 5.33. The van der Waals surface area contributed by atoms with Crippen molar-refractivity contribution in [3.8, 4) is 0 Å². The Morgan fingerprint density at radius 1 is 1.31 bits per heavy atom. The molecular formula is C10H21NO2. The van der Waals surface area contributed by atoms with Gasteiger partial charge in [-0.05, 0) is 12.3 Å². The summed E-state index contributed by atoms with van der Waals surface area (Å²) in [7, 11) is 1.69. The van der Waals surface area contributed by atoms with Crippen LogP contribution in [0.3, 0.4) is 0 Å². The molecule has 1 aliphatic rings. The number of ether oxygens (including phenoxy) is 2. The lowest BCUT2D eigenvalue weighted by molar-refractivity contribution is 0.0718. The molecule has 0 saturated heterocycles. The normalized spacial score (nSPS) is 26.3. The number of rotatable bonds is 8. The van der Waals surface area contributed by atoms with Crippen molar-refractivity contribution in [2.24, 2.45) is 5.92 Å². The molecule has 1 rings (SSSR count). The Morgan fingerprint density at radius 2 is 2.15 bits per heavy atom. The highest BCUT2D eigenvalue weighted by atomic mass is 16.5. The van der Waals surface area contributed by atoms with E-state index in [1.165, 1.54) is 12.8 Å². The molecule has 13 heavy (non-hydrogen) atoms. The van der Waals surface area contributed by atoms with Crippen LogP contribution in [0.5, 0.6) is 0 Å². The molecule has 78 valence electrons. The zero-order valence-electron chi connectivity index (χ0n) is 8.71. The molecule has 1 aliphatic carbocycles. The van der Waals surface area contributed by atoms with Gasteiger partial charge in [0.05, 0.1) is 19.8 Å². The summed E-state index contributed by atoms with van der Waals surface area (Å²) in [5.74, 6) is 0.930. The molecule has 1 N–H and O–H groups in total. The fourth-order valence-electron chi connectivity index (χ4n) is 1.51. The average Bonchev–Trinajstić information content (AvgIpc) is 2.90. The van der Waals surface area contributed by atoms with E-state index in [4.69, 9.17) is 9.47 Å². The molecule has 0 aromatic rings. The van der Waals surface area contributed by atoms with E-state index in [2.05, 4.69) is 12.2 Å². The summed E-state index contributed by atoms with van der Waals surface area (Å²) < 4.78 is 10.2. The zero-order valence-corrected chi connectivity index (χ0v) is 8.71. The van der Waals surface area contributed by atoms with Gasteiger partial charge in [-0.1, -0.05) is 13.3 Å². The van der Waals surface area contributed by atoms with Crippen LogP contribution in [0.25, 0.3) is 0 Å². The van der Waals surface area contributed by atoms with Gasteiger partial charge in [0.2, 0.25) is 0 Å². The molecule has 0 bridgehead atoms. The van der Waals surface area contributed by atoms with E-state index < -0.39 is 0 Å². The Bertz CT molecular complexity index is 130. The number of hydrogen-bond acceptors (Lipinski definition) is 3. The predicted octanol–water partition coefficient (Wildman–Crippen LogP) is 1.04. The summed E-state index contributed by atoms with van der Waals surface area (Å²) in [4.78, 5) is 0. The first-order chi connectivity index (χ1) is 6.38. The summed E-state index contributed by atoms with van der Waals surface area (Å²) in [5, 5.41) is 3.47. The van der Waals surface area contributed by atoms with Gasteiger partial charge < -0.3 is 14.8 Å². The third kappa shape index (κ3) is 4.60. The minimum absolute atomic E-state index is 0.695. The summed E-state index contributed by atoms with van der Waals surface area (Å²) >= 11 is 0. The first-order valence-electron chi connectivity index (χ1n) is 5.18. The molecule has 0 aromatic heterocycles. The van der Waals surface area contributed by atoms with Crippen LogP contribution in [0, 0.1) is 5.92 Å². The molecule has 1 fully saturated rings. The van der Waals surface area contributed by atoms with E-state index in [0.29, 0.717) is 13.2 Å². The summed E-state index contributed by atoms with van der Waals surface area (Å²) in [6.45, 7) is 5.43. The zero-order chi connectivity index (χ0) is 9.52. The number of methoxy groups -OCH3 is 1. The first-order valence-corrected chi connectivity index (χ1v) is 5.18. The van der Waals surface area contributed by atoms with Gasteiger partial charge in [0.15, 0.2) is 0 Å². The second kappa shape index (κ2) is 6.35. The van der Waals surface area contributed by atoms with Crippen LogP contribution in [0.15, 0.2) is 0 Å². The van der Waals surface area contributed by atoms with Gasteiger partial charge in [-0.15, -0.1) is 0 Å². The predicted molar refractivity (Wildman–Crippen MR) is 52.9 cm³/mol. The van der Waals surface area contributed by atoms with Crippen LogP contribution >= 0.6 is 0 Å². The molecule has 0 aromatic carbocycles. The van der Waals surface area contributed by atoms with E-state index in [1.54, 1.807) is 7.11 Å². The van der Waals surface area contributed by atoms with Crippen molar-refractivity contribution in [3.63, 3.8) is 0 Å². The van der Waals surface area contributed by atoms with E-state index in [1.807, 2.05) is 0 Å². The minimum Gasteiger partial charge on any atom is -0.382 e. The summed E-state index contributed by atoms with van der Waals surface area (Å²) in [6.07, 6.45) is 2.66. The molecule has 2 atom stereocenters. The second-order valence-electron chi connectivity index (χ2n) is 3.57. The van der Waals surface area contributed by atoms with Gasteiger partial charge in [0, 0.05) is 19.7 Å². The highest BCUT2D eigenvalue weighted by Crippen LogP contribution is 2.32. The van der Waals surface area contributed by atoms with Gasteiger partial charge in [0.1, 0.15) is 0 Å². The Labute approximate surface area is 80.8 Å². The van der Waals surface area contributed by atoms with Crippen molar-refractivity contribution in [2.75, 3.05) is 33.5 Å². The van der Waals surface area contributed by atoms with Gasteiger partial charge in [-0.2, -0.15) is 0 Å². The largest absolute Gasteiger partial charge is 0.382 e. The quantitative estimate of drug-likeness (QED) is 0.576. The molecule has 0 amide bonds. The van der Waals surface area contributed by atoms with Crippen LogP contribution in [0.2, 0.25) is 0 Å². The maximum Gasteiger partial charge on any atom is 0.0700 e. The van der Waals surface area contributed by atoms with E-state index in [9.17, 15) is 0 Å². The van der Waals surface area contributed by atoms with Gasteiger partial charge in [0.25, 0.3) is 0 Å². The van der Waals surface area contributed by atoms with Gasteiger partial charge in [-0.25, -0.2) is 0 Å². The highest BCUT2D eigenvalue weighted by molar-refractivity contribution is 4.91. The van der Waals surface area contributed by atoms with Crippen molar-refractivity contribution in [3.05, 3.63) is 0 Å². The average molecular weight is 187 g/mol. The lowest BCUT2D eigenvalue weighted by Gasteiger charge is -2.04. The topological polar surface area (TPSA) is 30.5 Å². The molecule has 1 saturated carbocycles. The number of nitrogens with one attached hydrogen (secondary N) is 1. The molecule has 0 spiro atoms. The molecular weight excluding hydrogens is 166 g/mol. The maximum absolute atomic E-state index is 5.33. The van der Waals surface area contributed by atoms with Crippen molar-refractivity contribution in [1.29, 1.82) is 0 Å². The van der Waals surface area contributed by atoms with Crippen LogP contribution in [0.4, 0.5) is 0 Å². The molecule has 0 heterocycles. The smallest absolute Gasteiger partial charge is 0.0700 e. The van der Waals surface area contributed by atoms with Crippen molar-refractivity contribution in [1.82, 2.24) is 5.32 Å². The molecule has 3 nitrogen and oxygen atoms in total. The summed E-state index contributed by atoms with van der Waals surface area (Å²) in [6, 6.07) is 0.774. The Morgan fingerprint density at radius 3 is 2.77 bits per heavy atom. The van der Waals surface area contributed by atoms with Gasteiger partial charge in [-0.3, -0.25) is 0 Å². The Balaban J connectivity index is 1.75. The van der Waals surface area contributed by atoms with E-state index in [-0.39, 0.29) is 0 Å². The van der Waals surface area contributed by atoms with Crippen LogP contribution in [-0.4, -0.2) is 39.5 Å². The van der Waals surface area contributed by atoms with Crippen molar-refractivity contribution in [2.45, 2.75) is 25.8 Å². The lowest BCUT2D eigenvalue weighted by Crippen LogP contribution is -2.23. The molecule has 0 radical (unpaired) electrons. The Hall–Kier alpha value is -0.120. The third-order valence-corrected chi connectivity index (χ3v) is 2.53. The van der Waals surface area contributed by atoms with E-state index >= 15 is 0 Å². The van der Waals surface area contributed by atoms with E-state index in [0.717, 1.165) is 25.1 Å². The molecule has 0 aliphatic heterocycles. The molecule has 2 unspecified atom stereocenters. The fourth-order valence-corrected chi connectivity index (χ4v) is 1.51. The fraction of sp³-hybridized carbons (Fsp3) is 1.00. The first kappa shape index (κ1) is 11.0. The highest BCUT2D eigenvalue weighted by Gasteiger charge is 2.34. The van der Waals surface area contributed by atoms with Gasteiger partial charge >= 0.3 is 0 Å². The summed E-state index contributed by atoms with van der Waals surface area (Å²) in [5.41, 5.74) is 0. The molecule has 3 heteroatoms.